The molecule has 0 fully saturated rings. The van der Waals surface area contributed by atoms with Crippen molar-refractivity contribution < 1.29 is 4.79 Å². The zero-order chi connectivity index (χ0) is 19.2. The number of urea groups is 1. The first-order chi connectivity index (χ1) is 13.0. The molecule has 2 amide bonds. The first kappa shape index (κ1) is 18.6. The average Bonchev–Trinajstić information content (AvgIpc) is 2.68. The molecule has 1 heterocycles. The number of aromatic nitrogens is 1. The van der Waals surface area contributed by atoms with Crippen molar-refractivity contribution in [1.29, 1.82) is 0 Å². The molecule has 6 N–H and O–H groups in total. The van der Waals surface area contributed by atoms with Gasteiger partial charge in [0.25, 0.3) is 0 Å². The molecule has 3 aromatic rings. The van der Waals surface area contributed by atoms with Gasteiger partial charge in [-0.25, -0.2) is 9.78 Å². The van der Waals surface area contributed by atoms with Crippen molar-refractivity contribution in [2.45, 2.75) is 4.90 Å². The van der Waals surface area contributed by atoms with Gasteiger partial charge in [0.1, 0.15) is 5.82 Å². The van der Waals surface area contributed by atoms with Crippen molar-refractivity contribution in [2.75, 3.05) is 22.6 Å². The fourth-order valence-electron chi connectivity index (χ4n) is 2.55. The molecule has 0 radical (unpaired) electrons. The molecular formula is C19H20N6OS. The summed E-state index contributed by atoms with van der Waals surface area (Å²) in [6.45, 7) is 0. The van der Waals surface area contributed by atoms with Gasteiger partial charge in [0.05, 0.1) is 0 Å². The van der Waals surface area contributed by atoms with Gasteiger partial charge in [0.15, 0.2) is 0 Å². The van der Waals surface area contributed by atoms with E-state index in [9.17, 15) is 4.79 Å². The van der Waals surface area contributed by atoms with Gasteiger partial charge in [-0.3, -0.25) is 5.14 Å². The maximum atomic E-state index is 10.9. The molecule has 7 nitrogen and oxygen atoms in total. The van der Waals surface area contributed by atoms with E-state index >= 15 is 0 Å². The van der Waals surface area contributed by atoms with Crippen LogP contribution in [0, 0.1) is 0 Å². The van der Waals surface area contributed by atoms with Crippen molar-refractivity contribution in [2.24, 2.45) is 10.9 Å². The zero-order valence-corrected chi connectivity index (χ0v) is 15.5. The molecule has 3 rings (SSSR count). The average molecular weight is 380 g/mol. The van der Waals surface area contributed by atoms with Crippen LogP contribution in [0.3, 0.4) is 0 Å². The molecule has 0 aliphatic rings. The SMILES string of the molecule is CN(c1ccc(NC(N)=O)cc1)c1ccnc(Nc2cccc(SN)c2)c1. The highest BCUT2D eigenvalue weighted by molar-refractivity contribution is 7.97. The largest absolute Gasteiger partial charge is 0.351 e. The summed E-state index contributed by atoms with van der Waals surface area (Å²) < 4.78 is 0. The summed E-state index contributed by atoms with van der Waals surface area (Å²) in [5.41, 5.74) is 8.62. The molecule has 0 saturated carbocycles. The highest BCUT2D eigenvalue weighted by Crippen LogP contribution is 2.27. The van der Waals surface area contributed by atoms with Crippen molar-refractivity contribution in [3.05, 3.63) is 66.9 Å². The Kier molecular flexibility index (Phi) is 5.80. The lowest BCUT2D eigenvalue weighted by Gasteiger charge is -2.20. The number of carbonyl (C=O) groups is 1. The Morgan fingerprint density at radius 3 is 2.52 bits per heavy atom. The molecule has 0 aliphatic heterocycles. The number of primary amides is 1. The van der Waals surface area contributed by atoms with Crippen LogP contribution in [0.2, 0.25) is 0 Å². The third kappa shape index (κ3) is 4.90. The van der Waals surface area contributed by atoms with Crippen LogP contribution in [0.15, 0.2) is 71.8 Å². The van der Waals surface area contributed by atoms with E-state index in [1.807, 2.05) is 60.5 Å². The van der Waals surface area contributed by atoms with Crippen LogP contribution in [0.4, 0.5) is 33.4 Å². The molecular weight excluding hydrogens is 360 g/mol. The first-order valence-electron chi connectivity index (χ1n) is 8.15. The number of amides is 2. The lowest BCUT2D eigenvalue weighted by molar-refractivity contribution is 0.259. The number of anilines is 5. The molecule has 0 bridgehead atoms. The topological polar surface area (TPSA) is 109 Å². The maximum absolute atomic E-state index is 10.9. The number of carbonyl (C=O) groups excluding carboxylic acids is 1. The van der Waals surface area contributed by atoms with Crippen LogP contribution in [-0.4, -0.2) is 18.1 Å². The van der Waals surface area contributed by atoms with Crippen molar-refractivity contribution >= 4 is 46.5 Å². The Labute approximate surface area is 161 Å². The van der Waals surface area contributed by atoms with E-state index in [1.54, 1.807) is 18.3 Å². The molecule has 0 saturated heterocycles. The van der Waals surface area contributed by atoms with Gasteiger partial charge in [-0.15, -0.1) is 0 Å². The number of nitrogens with two attached hydrogens (primary N) is 2. The number of benzene rings is 2. The third-order valence-corrected chi connectivity index (χ3v) is 4.42. The maximum Gasteiger partial charge on any atom is 0.316 e. The lowest BCUT2D eigenvalue weighted by Crippen LogP contribution is -2.19. The summed E-state index contributed by atoms with van der Waals surface area (Å²) in [4.78, 5) is 18.3. The van der Waals surface area contributed by atoms with Crippen LogP contribution in [0.25, 0.3) is 0 Å². The van der Waals surface area contributed by atoms with E-state index in [4.69, 9.17) is 10.9 Å². The molecule has 8 heteroatoms. The number of rotatable bonds is 6. The number of nitrogens with zero attached hydrogens (tertiary/aromatic N) is 2. The second-order valence-electron chi connectivity index (χ2n) is 5.77. The summed E-state index contributed by atoms with van der Waals surface area (Å²) in [6, 6.07) is 18.5. The van der Waals surface area contributed by atoms with Gasteiger partial charge < -0.3 is 21.3 Å². The van der Waals surface area contributed by atoms with Gasteiger partial charge in [-0.2, -0.15) is 0 Å². The Balaban J connectivity index is 1.76. The highest BCUT2D eigenvalue weighted by atomic mass is 32.2. The minimum Gasteiger partial charge on any atom is -0.351 e. The quantitative estimate of drug-likeness (QED) is 0.480. The van der Waals surface area contributed by atoms with Gasteiger partial charge in [0, 0.05) is 47.0 Å². The Morgan fingerprint density at radius 2 is 1.81 bits per heavy atom. The fourth-order valence-corrected chi connectivity index (χ4v) is 2.90. The van der Waals surface area contributed by atoms with E-state index in [0.29, 0.717) is 5.69 Å². The molecule has 0 aliphatic carbocycles. The molecule has 138 valence electrons. The number of hydrogen-bond acceptors (Lipinski definition) is 6. The molecule has 0 unspecified atom stereocenters. The van der Waals surface area contributed by atoms with E-state index in [0.717, 1.165) is 27.8 Å². The fraction of sp³-hybridized carbons (Fsp3) is 0.0526. The summed E-state index contributed by atoms with van der Waals surface area (Å²) in [5, 5.41) is 11.4. The van der Waals surface area contributed by atoms with Crippen LogP contribution in [-0.2, 0) is 0 Å². The van der Waals surface area contributed by atoms with Crippen LogP contribution < -0.4 is 26.4 Å². The Hall–Kier alpha value is -3.23. The Bertz CT molecular complexity index is 931. The summed E-state index contributed by atoms with van der Waals surface area (Å²) in [5.74, 6) is 0.727. The zero-order valence-electron chi connectivity index (χ0n) is 14.7. The molecule has 2 aromatic carbocycles. The number of nitrogens with one attached hydrogen (secondary N) is 2. The summed E-state index contributed by atoms with van der Waals surface area (Å²) in [7, 11) is 1.96. The summed E-state index contributed by atoms with van der Waals surface area (Å²) in [6.07, 6.45) is 1.75. The van der Waals surface area contributed by atoms with E-state index in [2.05, 4.69) is 15.6 Å². The van der Waals surface area contributed by atoms with Crippen molar-refractivity contribution in [1.82, 2.24) is 4.98 Å². The normalized spacial score (nSPS) is 10.3. The second-order valence-corrected chi connectivity index (χ2v) is 6.47. The third-order valence-electron chi connectivity index (χ3n) is 3.90. The van der Waals surface area contributed by atoms with Gasteiger partial charge in [0.2, 0.25) is 0 Å². The molecule has 1 aromatic heterocycles. The molecule has 0 spiro atoms. The van der Waals surface area contributed by atoms with Gasteiger partial charge in [-0.05, 0) is 60.5 Å². The van der Waals surface area contributed by atoms with E-state index in [1.165, 1.54) is 11.9 Å². The minimum atomic E-state index is -0.585. The van der Waals surface area contributed by atoms with Crippen LogP contribution >= 0.6 is 11.9 Å². The first-order valence-corrected chi connectivity index (χ1v) is 9.03. The van der Waals surface area contributed by atoms with E-state index < -0.39 is 6.03 Å². The highest BCUT2D eigenvalue weighted by Gasteiger charge is 2.07. The number of pyridine rings is 1. The minimum absolute atomic E-state index is 0.585. The monoisotopic (exact) mass is 380 g/mol. The van der Waals surface area contributed by atoms with Gasteiger partial charge >= 0.3 is 6.03 Å². The second kappa shape index (κ2) is 8.43. The molecule has 0 atom stereocenters. The van der Waals surface area contributed by atoms with Crippen LogP contribution in [0.1, 0.15) is 0 Å². The van der Waals surface area contributed by atoms with E-state index in [-0.39, 0.29) is 0 Å². The number of hydrogen-bond donors (Lipinski definition) is 4. The van der Waals surface area contributed by atoms with Gasteiger partial charge in [-0.1, -0.05) is 6.07 Å². The smallest absolute Gasteiger partial charge is 0.316 e. The van der Waals surface area contributed by atoms with Crippen molar-refractivity contribution in [3.8, 4) is 0 Å². The summed E-state index contributed by atoms with van der Waals surface area (Å²) >= 11 is 1.20. The predicted octanol–water partition coefficient (Wildman–Crippen LogP) is 4.05. The lowest BCUT2D eigenvalue weighted by atomic mass is 10.2. The Morgan fingerprint density at radius 1 is 1.04 bits per heavy atom. The standard InChI is InChI=1S/C19H20N6OS/c1-25(15-7-5-13(6-8-15)24-19(20)26)16-9-10-22-18(12-16)23-14-3-2-4-17(11-14)27-21/h2-12H,21H2,1H3,(H,22,23)(H3,20,24,26). The van der Waals surface area contributed by atoms with Crippen molar-refractivity contribution in [3.63, 3.8) is 0 Å². The molecule has 27 heavy (non-hydrogen) atoms. The van der Waals surface area contributed by atoms with Crippen LogP contribution in [0.5, 0.6) is 0 Å². The predicted molar refractivity (Wildman–Crippen MR) is 112 cm³/mol.